The Labute approximate surface area is 190 Å². The van der Waals surface area contributed by atoms with E-state index in [1.807, 2.05) is 5.48 Å². The van der Waals surface area contributed by atoms with Crippen molar-refractivity contribution >= 4 is 46.5 Å². The molecule has 0 spiro atoms. The van der Waals surface area contributed by atoms with Gasteiger partial charge in [-0.05, 0) is 36.4 Å². The van der Waals surface area contributed by atoms with E-state index < -0.39 is 42.6 Å². The predicted molar refractivity (Wildman–Crippen MR) is 111 cm³/mol. The number of aliphatic carboxylic acids is 1. The summed E-state index contributed by atoms with van der Waals surface area (Å²) in [5.74, 6) is -2.47. The topological polar surface area (TPSA) is 178 Å². The molecule has 3 rings (SSSR count). The Bertz CT molecular complexity index is 1020. The van der Waals surface area contributed by atoms with Gasteiger partial charge >= 0.3 is 5.97 Å². The van der Waals surface area contributed by atoms with Crippen LogP contribution in [-0.2, 0) is 9.53 Å². The fraction of sp³-hybridized carbons (Fsp3) is 0.263. The van der Waals surface area contributed by atoms with Crippen molar-refractivity contribution in [1.82, 2.24) is 0 Å². The number of rotatable bonds is 6. The standard InChI is InChI=1S/C19H18Cl2N2O9/c20-7-1-4-12(31-19-15(26)13(24)14(25)16(32-19)18(28)29)9(5-7)17(27)22-11-3-2-8(23-30)6-10(11)21/h1-6,13-16,19,23-26,30H,(H,22,27)(H,28,29). The lowest BCUT2D eigenvalue weighted by molar-refractivity contribution is -0.271. The minimum Gasteiger partial charge on any atom is -0.479 e. The number of aliphatic hydroxyl groups is 3. The SMILES string of the molecule is O=C(Nc1ccc(NO)cc1Cl)c1cc(Cl)ccc1OC1OC(C(=O)O)C(O)C(O)C1O. The van der Waals surface area contributed by atoms with Crippen LogP contribution in [0.5, 0.6) is 5.75 Å². The van der Waals surface area contributed by atoms with Gasteiger partial charge in [-0.2, -0.15) is 0 Å². The second kappa shape index (κ2) is 9.88. The van der Waals surface area contributed by atoms with Crippen molar-refractivity contribution in [2.24, 2.45) is 0 Å². The summed E-state index contributed by atoms with van der Waals surface area (Å²) in [7, 11) is 0. The van der Waals surface area contributed by atoms with E-state index in [1.165, 1.54) is 36.4 Å². The molecule has 1 aliphatic heterocycles. The molecule has 0 aliphatic carbocycles. The smallest absolute Gasteiger partial charge is 0.335 e. The van der Waals surface area contributed by atoms with Crippen molar-refractivity contribution < 1.29 is 44.7 Å². The average Bonchev–Trinajstić information content (AvgIpc) is 2.76. The molecule has 0 saturated carbocycles. The average molecular weight is 489 g/mol. The number of nitrogens with one attached hydrogen (secondary N) is 2. The number of carboxylic acids is 1. The molecular formula is C19H18Cl2N2O9. The van der Waals surface area contributed by atoms with Crippen molar-refractivity contribution in [3.63, 3.8) is 0 Å². The zero-order valence-electron chi connectivity index (χ0n) is 16.0. The first-order valence-electron chi connectivity index (χ1n) is 9.02. The summed E-state index contributed by atoms with van der Waals surface area (Å²) in [5, 5.41) is 50.7. The number of amides is 1. The molecule has 172 valence electrons. The number of halogens is 2. The van der Waals surface area contributed by atoms with Gasteiger partial charge in [0.05, 0.1) is 22.0 Å². The number of hydrogen-bond acceptors (Lipinski definition) is 9. The molecule has 5 atom stereocenters. The lowest BCUT2D eigenvalue weighted by Gasteiger charge is -2.38. The van der Waals surface area contributed by atoms with Gasteiger partial charge in [0.25, 0.3) is 5.91 Å². The van der Waals surface area contributed by atoms with Crippen molar-refractivity contribution in [1.29, 1.82) is 0 Å². The first-order valence-corrected chi connectivity index (χ1v) is 9.77. The largest absolute Gasteiger partial charge is 0.479 e. The minimum atomic E-state index is -1.89. The number of benzene rings is 2. The number of aliphatic hydroxyl groups excluding tert-OH is 3. The van der Waals surface area contributed by atoms with E-state index in [2.05, 4.69) is 5.32 Å². The molecule has 0 radical (unpaired) electrons. The summed E-state index contributed by atoms with van der Waals surface area (Å²) >= 11 is 12.1. The summed E-state index contributed by atoms with van der Waals surface area (Å²) < 4.78 is 10.6. The van der Waals surface area contributed by atoms with Crippen LogP contribution in [0, 0.1) is 0 Å². The lowest BCUT2D eigenvalue weighted by Crippen LogP contribution is -2.61. The molecule has 1 fully saturated rings. The molecular weight excluding hydrogens is 471 g/mol. The van der Waals surface area contributed by atoms with E-state index in [9.17, 15) is 24.9 Å². The highest BCUT2D eigenvalue weighted by Gasteiger charge is 2.48. The summed E-state index contributed by atoms with van der Waals surface area (Å²) in [6, 6.07) is 8.13. The number of carbonyl (C=O) groups excluding carboxylic acids is 1. The molecule has 2 aromatic rings. The molecule has 5 unspecified atom stereocenters. The van der Waals surface area contributed by atoms with Crippen molar-refractivity contribution in [3.8, 4) is 5.75 Å². The van der Waals surface area contributed by atoms with E-state index in [4.69, 9.17) is 43.0 Å². The second-order valence-corrected chi connectivity index (χ2v) is 7.60. The van der Waals surface area contributed by atoms with Crippen LogP contribution in [0.1, 0.15) is 10.4 Å². The quantitative estimate of drug-likeness (QED) is 0.293. The first-order chi connectivity index (χ1) is 15.1. The third-order valence-corrected chi connectivity index (χ3v) is 5.14. The fourth-order valence-corrected chi connectivity index (χ4v) is 3.33. The molecule has 7 N–H and O–H groups in total. The van der Waals surface area contributed by atoms with E-state index >= 15 is 0 Å². The maximum absolute atomic E-state index is 12.8. The van der Waals surface area contributed by atoms with Crippen LogP contribution in [0.4, 0.5) is 11.4 Å². The highest BCUT2D eigenvalue weighted by molar-refractivity contribution is 6.34. The van der Waals surface area contributed by atoms with Gasteiger partial charge < -0.3 is 35.2 Å². The van der Waals surface area contributed by atoms with E-state index in [0.29, 0.717) is 0 Å². The Balaban J connectivity index is 1.86. The first kappa shape index (κ1) is 24.0. The van der Waals surface area contributed by atoms with Gasteiger partial charge in [-0.15, -0.1) is 0 Å². The number of anilines is 2. The molecule has 1 amide bonds. The van der Waals surface area contributed by atoms with Crippen LogP contribution in [0.15, 0.2) is 36.4 Å². The maximum Gasteiger partial charge on any atom is 0.335 e. The lowest BCUT2D eigenvalue weighted by atomic mass is 9.99. The van der Waals surface area contributed by atoms with Gasteiger partial charge in [0.2, 0.25) is 6.29 Å². The Morgan fingerprint density at radius 3 is 2.34 bits per heavy atom. The summed E-state index contributed by atoms with van der Waals surface area (Å²) in [6.45, 7) is 0. The summed E-state index contributed by atoms with van der Waals surface area (Å²) in [5.41, 5.74) is 2.27. The van der Waals surface area contributed by atoms with E-state index in [1.54, 1.807) is 0 Å². The van der Waals surface area contributed by atoms with Crippen LogP contribution in [0.3, 0.4) is 0 Å². The Hall–Kier alpha value is -2.64. The van der Waals surface area contributed by atoms with Crippen molar-refractivity contribution in [2.45, 2.75) is 30.7 Å². The molecule has 1 saturated heterocycles. The van der Waals surface area contributed by atoms with Crippen LogP contribution in [0.2, 0.25) is 10.0 Å². The third-order valence-electron chi connectivity index (χ3n) is 4.59. The molecule has 0 bridgehead atoms. The Morgan fingerprint density at radius 1 is 1.00 bits per heavy atom. The summed E-state index contributed by atoms with van der Waals surface area (Å²) in [4.78, 5) is 24.1. The molecule has 13 heteroatoms. The van der Waals surface area contributed by atoms with Gasteiger partial charge in [-0.25, -0.2) is 4.79 Å². The molecule has 1 heterocycles. The van der Waals surface area contributed by atoms with Crippen LogP contribution in [-0.4, -0.2) is 68.2 Å². The normalized spacial score (nSPS) is 25.1. The van der Waals surface area contributed by atoms with Gasteiger partial charge in [0, 0.05) is 5.02 Å². The highest BCUT2D eigenvalue weighted by atomic mass is 35.5. The Kier molecular flexibility index (Phi) is 7.41. The van der Waals surface area contributed by atoms with E-state index in [-0.39, 0.29) is 32.7 Å². The number of ether oxygens (including phenoxy) is 2. The van der Waals surface area contributed by atoms with Gasteiger partial charge in [-0.3, -0.25) is 15.5 Å². The number of carbonyl (C=O) groups is 2. The second-order valence-electron chi connectivity index (χ2n) is 6.75. The van der Waals surface area contributed by atoms with Crippen molar-refractivity contribution in [3.05, 3.63) is 52.0 Å². The zero-order valence-corrected chi connectivity index (χ0v) is 17.5. The molecule has 32 heavy (non-hydrogen) atoms. The third kappa shape index (κ3) is 5.05. The van der Waals surface area contributed by atoms with Gasteiger partial charge in [0.15, 0.2) is 6.10 Å². The fourth-order valence-electron chi connectivity index (χ4n) is 2.93. The van der Waals surface area contributed by atoms with Crippen LogP contribution in [0.25, 0.3) is 0 Å². The molecule has 0 aromatic heterocycles. The van der Waals surface area contributed by atoms with Gasteiger partial charge in [0.1, 0.15) is 24.1 Å². The number of hydrogen-bond donors (Lipinski definition) is 7. The molecule has 11 nitrogen and oxygen atoms in total. The molecule has 2 aromatic carbocycles. The Morgan fingerprint density at radius 2 is 1.72 bits per heavy atom. The van der Waals surface area contributed by atoms with Crippen molar-refractivity contribution in [2.75, 3.05) is 10.8 Å². The minimum absolute atomic E-state index is 0.106. The zero-order chi connectivity index (χ0) is 23.6. The monoisotopic (exact) mass is 488 g/mol. The summed E-state index contributed by atoms with van der Waals surface area (Å²) in [6.07, 6.45) is -9.19. The highest BCUT2D eigenvalue weighted by Crippen LogP contribution is 2.31. The van der Waals surface area contributed by atoms with Crippen LogP contribution < -0.4 is 15.5 Å². The van der Waals surface area contributed by atoms with Gasteiger partial charge in [-0.1, -0.05) is 23.2 Å². The maximum atomic E-state index is 12.8. The van der Waals surface area contributed by atoms with Crippen LogP contribution >= 0.6 is 23.2 Å². The van der Waals surface area contributed by atoms with E-state index in [0.717, 1.165) is 0 Å². The number of carboxylic acid groups (broad SMARTS) is 1. The molecule has 1 aliphatic rings. The predicted octanol–water partition coefficient (Wildman–Crippen LogP) is 1.32.